The molecule has 0 saturated carbocycles. The minimum atomic E-state index is -0.338. The summed E-state index contributed by atoms with van der Waals surface area (Å²) in [5.74, 6) is -0.675. The molecule has 0 amide bonds. The number of ether oxygens (including phenoxy) is 2. The second-order valence-electron chi connectivity index (χ2n) is 6.14. The number of carbonyl (C=O) groups is 2. The molecule has 0 heterocycles. The van der Waals surface area contributed by atoms with E-state index in [0.717, 1.165) is 51.4 Å². The fourth-order valence-electron chi connectivity index (χ4n) is 2.25. The van der Waals surface area contributed by atoms with E-state index in [0.29, 0.717) is 37.2 Å². The van der Waals surface area contributed by atoms with Gasteiger partial charge in [0.25, 0.3) is 0 Å². The summed E-state index contributed by atoms with van der Waals surface area (Å²) in [6, 6.07) is 0. The van der Waals surface area contributed by atoms with Crippen LogP contribution in [-0.4, -0.2) is 25.2 Å². The van der Waals surface area contributed by atoms with Crippen LogP contribution in [0.3, 0.4) is 0 Å². The average molecular weight is 341 g/mol. The summed E-state index contributed by atoms with van der Waals surface area (Å²) in [7, 11) is 0. The van der Waals surface area contributed by atoms with Crippen LogP contribution in [0.4, 0.5) is 0 Å². The minimum Gasteiger partial charge on any atom is -0.462 e. The van der Waals surface area contributed by atoms with E-state index in [1.807, 2.05) is 0 Å². The van der Waals surface area contributed by atoms with Crippen molar-refractivity contribution in [3.63, 3.8) is 0 Å². The first kappa shape index (κ1) is 22.7. The van der Waals surface area contributed by atoms with Crippen molar-refractivity contribution >= 4 is 11.9 Å². The van der Waals surface area contributed by atoms with Crippen molar-refractivity contribution in [2.75, 3.05) is 13.2 Å². The number of carbonyl (C=O) groups excluding carboxylic acids is 2. The highest BCUT2D eigenvalue weighted by molar-refractivity contribution is 6.00. The van der Waals surface area contributed by atoms with Gasteiger partial charge in [-0.15, -0.1) is 0 Å². The van der Waals surface area contributed by atoms with Crippen molar-refractivity contribution in [3.05, 3.63) is 11.1 Å². The van der Waals surface area contributed by atoms with E-state index in [4.69, 9.17) is 9.47 Å². The van der Waals surface area contributed by atoms with E-state index in [2.05, 4.69) is 27.7 Å². The lowest BCUT2D eigenvalue weighted by Gasteiger charge is -2.14. The third-order valence-corrected chi connectivity index (χ3v) is 3.88. The van der Waals surface area contributed by atoms with Gasteiger partial charge in [-0.3, -0.25) is 0 Å². The Hall–Kier alpha value is -1.32. The molecule has 0 radical (unpaired) electrons. The summed E-state index contributed by atoms with van der Waals surface area (Å²) in [6.45, 7) is 9.09. The highest BCUT2D eigenvalue weighted by Gasteiger charge is 2.22. The number of unbranched alkanes of at least 4 members (excludes halogenated alkanes) is 4. The maximum absolute atomic E-state index is 12.5. The summed E-state index contributed by atoms with van der Waals surface area (Å²) in [5, 5.41) is 0. The van der Waals surface area contributed by atoms with Gasteiger partial charge in [0, 0.05) is 11.1 Å². The highest BCUT2D eigenvalue weighted by atomic mass is 16.5. The fourth-order valence-corrected chi connectivity index (χ4v) is 2.25. The zero-order chi connectivity index (χ0) is 18.2. The average Bonchev–Trinajstić information content (AvgIpc) is 2.58. The molecule has 0 aliphatic rings. The molecule has 0 unspecified atom stereocenters. The molecule has 4 heteroatoms. The van der Waals surface area contributed by atoms with Crippen LogP contribution in [-0.2, 0) is 19.1 Å². The molecule has 0 rings (SSSR count). The number of hydrogen-bond donors (Lipinski definition) is 0. The van der Waals surface area contributed by atoms with E-state index in [1.165, 1.54) is 0 Å². The van der Waals surface area contributed by atoms with Gasteiger partial charge in [-0.05, 0) is 38.5 Å². The predicted octanol–water partition coefficient (Wildman–Crippen LogP) is 5.35. The molecule has 0 aliphatic carbocycles. The molecule has 0 saturated heterocycles. The van der Waals surface area contributed by atoms with E-state index in [-0.39, 0.29) is 11.9 Å². The molecule has 24 heavy (non-hydrogen) atoms. The lowest BCUT2D eigenvalue weighted by molar-refractivity contribution is -0.142. The van der Waals surface area contributed by atoms with Crippen LogP contribution in [0.15, 0.2) is 11.1 Å². The van der Waals surface area contributed by atoms with Gasteiger partial charge < -0.3 is 9.47 Å². The van der Waals surface area contributed by atoms with E-state index < -0.39 is 0 Å². The van der Waals surface area contributed by atoms with E-state index >= 15 is 0 Å². The Morgan fingerprint density at radius 3 is 1.21 bits per heavy atom. The molecule has 0 atom stereocenters. The third-order valence-electron chi connectivity index (χ3n) is 3.88. The maximum atomic E-state index is 12.5. The minimum absolute atomic E-state index is 0.338. The van der Waals surface area contributed by atoms with Gasteiger partial charge in [0.1, 0.15) is 0 Å². The van der Waals surface area contributed by atoms with Gasteiger partial charge in [0.15, 0.2) is 0 Å². The molecule has 0 aromatic rings. The molecule has 4 nitrogen and oxygen atoms in total. The monoisotopic (exact) mass is 340 g/mol. The molecular weight excluding hydrogens is 304 g/mol. The van der Waals surface area contributed by atoms with Gasteiger partial charge >= 0.3 is 11.9 Å². The Bertz CT molecular complexity index is 349. The third kappa shape index (κ3) is 9.74. The topological polar surface area (TPSA) is 52.6 Å². The quantitative estimate of drug-likeness (QED) is 0.243. The van der Waals surface area contributed by atoms with Gasteiger partial charge in [0.2, 0.25) is 0 Å². The van der Waals surface area contributed by atoms with Crippen LogP contribution in [0.2, 0.25) is 0 Å². The number of rotatable bonds is 14. The van der Waals surface area contributed by atoms with Gasteiger partial charge in [-0.2, -0.15) is 0 Å². The van der Waals surface area contributed by atoms with Crippen molar-refractivity contribution in [2.45, 2.75) is 91.9 Å². The molecule has 0 aromatic heterocycles. The number of hydrogen-bond acceptors (Lipinski definition) is 4. The zero-order valence-electron chi connectivity index (χ0n) is 16.1. The Morgan fingerprint density at radius 1 is 0.583 bits per heavy atom. The Labute approximate surface area is 148 Å². The lowest BCUT2D eigenvalue weighted by atomic mass is 9.98. The van der Waals surface area contributed by atoms with Gasteiger partial charge in [0.05, 0.1) is 13.2 Å². The van der Waals surface area contributed by atoms with Crippen LogP contribution < -0.4 is 0 Å². The maximum Gasteiger partial charge on any atom is 0.334 e. The van der Waals surface area contributed by atoms with Crippen LogP contribution >= 0.6 is 0 Å². The first-order valence-corrected chi connectivity index (χ1v) is 9.68. The van der Waals surface area contributed by atoms with Crippen LogP contribution in [0.5, 0.6) is 0 Å². The zero-order valence-corrected chi connectivity index (χ0v) is 16.1. The SMILES string of the molecule is CCCCOC(=O)/C(CCCC)=C(\CCCC)C(=O)OCCCC. The Kier molecular flexibility index (Phi) is 14.4. The van der Waals surface area contributed by atoms with Gasteiger partial charge in [-0.25, -0.2) is 9.59 Å². The second kappa shape index (κ2) is 15.2. The van der Waals surface area contributed by atoms with Crippen molar-refractivity contribution in [1.82, 2.24) is 0 Å². The first-order chi connectivity index (χ1) is 11.6. The molecule has 0 fully saturated rings. The Balaban J connectivity index is 5.25. The van der Waals surface area contributed by atoms with Crippen LogP contribution in [0, 0.1) is 0 Å². The van der Waals surface area contributed by atoms with E-state index in [9.17, 15) is 9.59 Å². The molecule has 0 N–H and O–H groups in total. The van der Waals surface area contributed by atoms with E-state index in [1.54, 1.807) is 0 Å². The molecule has 0 spiro atoms. The highest BCUT2D eigenvalue weighted by Crippen LogP contribution is 2.21. The van der Waals surface area contributed by atoms with Crippen molar-refractivity contribution in [2.24, 2.45) is 0 Å². The molecule has 0 bridgehead atoms. The van der Waals surface area contributed by atoms with Crippen LogP contribution in [0.1, 0.15) is 91.9 Å². The molecular formula is C20H36O4. The van der Waals surface area contributed by atoms with Gasteiger partial charge in [-0.1, -0.05) is 53.4 Å². The Morgan fingerprint density at radius 2 is 0.917 bits per heavy atom. The summed E-state index contributed by atoms with van der Waals surface area (Å²) < 4.78 is 10.7. The second-order valence-corrected chi connectivity index (χ2v) is 6.14. The molecule has 0 aromatic carbocycles. The predicted molar refractivity (Wildman–Crippen MR) is 97.8 cm³/mol. The van der Waals surface area contributed by atoms with Crippen molar-refractivity contribution in [3.8, 4) is 0 Å². The molecule has 0 aliphatic heterocycles. The largest absolute Gasteiger partial charge is 0.462 e. The summed E-state index contributed by atoms with van der Waals surface area (Å²) in [6.07, 6.45) is 8.50. The summed E-state index contributed by atoms with van der Waals surface area (Å²) in [5.41, 5.74) is 1.06. The smallest absolute Gasteiger partial charge is 0.334 e. The summed E-state index contributed by atoms with van der Waals surface area (Å²) >= 11 is 0. The fraction of sp³-hybridized carbons (Fsp3) is 0.800. The first-order valence-electron chi connectivity index (χ1n) is 9.68. The lowest BCUT2D eigenvalue weighted by Crippen LogP contribution is -2.18. The van der Waals surface area contributed by atoms with Crippen molar-refractivity contribution < 1.29 is 19.1 Å². The normalized spacial score (nSPS) is 11.8. The van der Waals surface area contributed by atoms with Crippen LogP contribution in [0.25, 0.3) is 0 Å². The van der Waals surface area contributed by atoms with Crippen molar-refractivity contribution in [1.29, 1.82) is 0 Å². The molecule has 140 valence electrons. The standard InChI is InChI=1S/C20H36O4/c1-5-9-13-17(19(21)23-15-11-7-3)18(14-10-6-2)20(22)24-16-12-8-4/h5-16H2,1-4H3/b18-17+. The summed E-state index contributed by atoms with van der Waals surface area (Å²) in [4.78, 5) is 25.0. The number of esters is 2.